The summed E-state index contributed by atoms with van der Waals surface area (Å²) >= 11 is 0. The maximum atomic E-state index is 5.72. The first-order valence-corrected chi connectivity index (χ1v) is 6.58. The molecule has 0 amide bonds. The van der Waals surface area contributed by atoms with E-state index in [9.17, 15) is 0 Å². The number of hydrogen-bond acceptors (Lipinski definition) is 3. The largest absolute Gasteiger partial charge is 0.440 e. The van der Waals surface area contributed by atoms with E-state index in [1.165, 1.54) is 5.56 Å². The molecule has 0 fully saturated rings. The summed E-state index contributed by atoms with van der Waals surface area (Å²) in [6.45, 7) is 2.07. The molecule has 0 saturated heterocycles. The summed E-state index contributed by atoms with van der Waals surface area (Å²) in [4.78, 5) is 12.4. The second-order valence-corrected chi connectivity index (χ2v) is 4.96. The minimum atomic E-state index is 0.572. The van der Waals surface area contributed by atoms with Gasteiger partial charge in [-0.25, -0.2) is 9.97 Å². The molecule has 1 N–H and O–H groups in total. The lowest BCUT2D eigenvalue weighted by Gasteiger charge is -1.90. The molecule has 0 unspecified atom stereocenters. The van der Waals surface area contributed by atoms with Gasteiger partial charge in [0.15, 0.2) is 5.58 Å². The Morgan fingerprint density at radius 3 is 2.85 bits per heavy atom. The zero-order valence-electron chi connectivity index (χ0n) is 11.1. The molecule has 0 spiro atoms. The van der Waals surface area contributed by atoms with Gasteiger partial charge in [0.2, 0.25) is 5.89 Å². The number of imidazole rings is 1. The quantitative estimate of drug-likeness (QED) is 0.601. The monoisotopic (exact) mass is 263 g/mol. The standard InChI is InChI=1S/C16H13N3O/c1-10-6-7-11-13(8-10)18-15(17-11)9-16-19-12-4-2-3-5-14(12)20-16/h2-8H,9H2,1H3,(H,17,18). The lowest BCUT2D eigenvalue weighted by molar-refractivity contribution is 0.540. The van der Waals surface area contributed by atoms with Gasteiger partial charge in [-0.2, -0.15) is 0 Å². The van der Waals surface area contributed by atoms with Crippen molar-refractivity contribution in [3.8, 4) is 0 Å². The van der Waals surface area contributed by atoms with Gasteiger partial charge in [0.05, 0.1) is 17.5 Å². The maximum absolute atomic E-state index is 5.72. The van der Waals surface area contributed by atoms with E-state index in [-0.39, 0.29) is 0 Å². The Labute approximate surface area is 115 Å². The fourth-order valence-corrected chi connectivity index (χ4v) is 2.40. The van der Waals surface area contributed by atoms with Gasteiger partial charge < -0.3 is 9.40 Å². The highest BCUT2D eigenvalue weighted by Crippen LogP contribution is 2.18. The highest BCUT2D eigenvalue weighted by atomic mass is 16.3. The number of para-hydroxylation sites is 2. The third-order valence-corrected chi connectivity index (χ3v) is 3.34. The van der Waals surface area contributed by atoms with E-state index in [1.807, 2.05) is 30.3 Å². The smallest absolute Gasteiger partial charge is 0.203 e. The zero-order chi connectivity index (χ0) is 13.5. The maximum Gasteiger partial charge on any atom is 0.203 e. The summed E-state index contributed by atoms with van der Waals surface area (Å²) in [5.74, 6) is 1.55. The van der Waals surface area contributed by atoms with Gasteiger partial charge in [0.25, 0.3) is 0 Å². The topological polar surface area (TPSA) is 54.7 Å². The second-order valence-electron chi connectivity index (χ2n) is 4.96. The summed E-state index contributed by atoms with van der Waals surface area (Å²) in [6.07, 6.45) is 0.572. The first-order valence-electron chi connectivity index (χ1n) is 6.58. The number of H-pyrrole nitrogens is 1. The zero-order valence-corrected chi connectivity index (χ0v) is 11.1. The first kappa shape index (κ1) is 11.2. The number of aromatic amines is 1. The van der Waals surface area contributed by atoms with E-state index >= 15 is 0 Å². The molecule has 2 aromatic carbocycles. The van der Waals surface area contributed by atoms with Gasteiger partial charge in [0, 0.05) is 0 Å². The average Bonchev–Trinajstić information content (AvgIpc) is 3.00. The van der Waals surface area contributed by atoms with E-state index in [0.717, 1.165) is 28.0 Å². The van der Waals surface area contributed by atoms with Crippen molar-refractivity contribution >= 4 is 22.1 Å². The number of fused-ring (bicyclic) bond motifs is 2. The lowest BCUT2D eigenvalue weighted by Crippen LogP contribution is -1.90. The number of benzene rings is 2. The van der Waals surface area contributed by atoms with Crippen molar-refractivity contribution in [2.75, 3.05) is 0 Å². The van der Waals surface area contributed by atoms with Crippen LogP contribution in [0.4, 0.5) is 0 Å². The molecule has 0 atom stereocenters. The second kappa shape index (κ2) is 4.20. The predicted octanol–water partition coefficient (Wildman–Crippen LogP) is 3.60. The van der Waals surface area contributed by atoms with Gasteiger partial charge in [-0.15, -0.1) is 0 Å². The fraction of sp³-hybridized carbons (Fsp3) is 0.125. The number of nitrogens with zero attached hydrogens (tertiary/aromatic N) is 2. The predicted molar refractivity (Wildman–Crippen MR) is 77.6 cm³/mol. The summed E-state index contributed by atoms with van der Waals surface area (Å²) in [5.41, 5.74) is 4.94. The fourth-order valence-electron chi connectivity index (χ4n) is 2.40. The van der Waals surface area contributed by atoms with Crippen LogP contribution in [0.5, 0.6) is 0 Å². The van der Waals surface area contributed by atoms with Gasteiger partial charge in [-0.05, 0) is 36.8 Å². The molecule has 98 valence electrons. The van der Waals surface area contributed by atoms with E-state index in [0.29, 0.717) is 12.3 Å². The minimum Gasteiger partial charge on any atom is -0.440 e. The van der Waals surface area contributed by atoms with Crippen LogP contribution >= 0.6 is 0 Å². The molecule has 0 aliphatic carbocycles. The van der Waals surface area contributed by atoms with E-state index in [2.05, 4.69) is 34.0 Å². The molecule has 0 bridgehead atoms. The van der Waals surface area contributed by atoms with Crippen molar-refractivity contribution in [2.24, 2.45) is 0 Å². The van der Waals surface area contributed by atoms with Crippen LogP contribution in [0.3, 0.4) is 0 Å². The van der Waals surface area contributed by atoms with Gasteiger partial charge in [-0.1, -0.05) is 18.2 Å². The van der Waals surface area contributed by atoms with Crippen LogP contribution in [0.25, 0.3) is 22.1 Å². The molecule has 20 heavy (non-hydrogen) atoms. The number of aromatic nitrogens is 3. The lowest BCUT2D eigenvalue weighted by atomic mass is 10.2. The summed E-state index contributed by atoms with van der Waals surface area (Å²) in [6, 6.07) is 14.0. The molecule has 0 aliphatic heterocycles. The highest BCUT2D eigenvalue weighted by molar-refractivity contribution is 5.76. The first-order chi connectivity index (χ1) is 9.78. The number of rotatable bonds is 2. The van der Waals surface area contributed by atoms with E-state index in [1.54, 1.807) is 0 Å². The van der Waals surface area contributed by atoms with Crippen LogP contribution in [0.1, 0.15) is 17.3 Å². The highest BCUT2D eigenvalue weighted by Gasteiger charge is 2.09. The Balaban J connectivity index is 1.72. The molecule has 2 heterocycles. The Morgan fingerprint density at radius 2 is 1.95 bits per heavy atom. The van der Waals surface area contributed by atoms with E-state index in [4.69, 9.17) is 4.42 Å². The van der Waals surface area contributed by atoms with Crippen LogP contribution in [0, 0.1) is 6.92 Å². The molecular weight excluding hydrogens is 250 g/mol. The molecule has 2 aromatic heterocycles. The average molecular weight is 263 g/mol. The minimum absolute atomic E-state index is 0.572. The molecule has 4 nitrogen and oxygen atoms in total. The van der Waals surface area contributed by atoms with Crippen LogP contribution in [-0.2, 0) is 6.42 Å². The van der Waals surface area contributed by atoms with Crippen LogP contribution in [0.2, 0.25) is 0 Å². The third kappa shape index (κ3) is 1.86. The molecule has 0 radical (unpaired) electrons. The molecule has 4 rings (SSSR count). The van der Waals surface area contributed by atoms with Crippen LogP contribution in [-0.4, -0.2) is 15.0 Å². The Kier molecular flexibility index (Phi) is 2.36. The summed E-state index contributed by atoms with van der Waals surface area (Å²) < 4.78 is 5.72. The van der Waals surface area contributed by atoms with Crippen molar-refractivity contribution in [2.45, 2.75) is 13.3 Å². The van der Waals surface area contributed by atoms with Gasteiger partial charge >= 0.3 is 0 Å². The van der Waals surface area contributed by atoms with Gasteiger partial charge in [-0.3, -0.25) is 0 Å². The molecule has 0 aliphatic rings. The van der Waals surface area contributed by atoms with Crippen molar-refractivity contribution in [1.82, 2.24) is 15.0 Å². The van der Waals surface area contributed by atoms with Gasteiger partial charge in [0.1, 0.15) is 11.3 Å². The summed E-state index contributed by atoms with van der Waals surface area (Å²) in [7, 11) is 0. The Bertz CT molecular complexity index is 871. The van der Waals surface area contributed by atoms with E-state index < -0.39 is 0 Å². The number of hydrogen-bond donors (Lipinski definition) is 1. The molecular formula is C16H13N3O. The molecule has 4 aromatic rings. The Morgan fingerprint density at radius 1 is 1.05 bits per heavy atom. The van der Waals surface area contributed by atoms with Crippen molar-refractivity contribution < 1.29 is 4.42 Å². The van der Waals surface area contributed by atoms with Crippen LogP contribution < -0.4 is 0 Å². The third-order valence-electron chi connectivity index (χ3n) is 3.34. The van der Waals surface area contributed by atoms with Crippen molar-refractivity contribution in [3.05, 3.63) is 59.7 Å². The summed E-state index contributed by atoms with van der Waals surface area (Å²) in [5, 5.41) is 0. The normalized spacial score (nSPS) is 11.4. The van der Waals surface area contributed by atoms with Crippen LogP contribution in [0.15, 0.2) is 46.9 Å². The SMILES string of the molecule is Cc1ccc2nc(Cc3nc4ccccc4o3)[nH]c2c1. The number of aryl methyl sites for hydroxylation is 1. The van der Waals surface area contributed by atoms with Crippen molar-refractivity contribution in [1.29, 1.82) is 0 Å². The number of oxazole rings is 1. The molecule has 0 saturated carbocycles. The number of nitrogens with one attached hydrogen (secondary N) is 1. The molecule has 4 heteroatoms. The van der Waals surface area contributed by atoms with Crippen molar-refractivity contribution in [3.63, 3.8) is 0 Å². The Hall–Kier alpha value is -2.62.